The summed E-state index contributed by atoms with van der Waals surface area (Å²) >= 11 is 0. The Morgan fingerprint density at radius 1 is 1.35 bits per heavy atom. The zero-order valence-corrected chi connectivity index (χ0v) is 9.76. The first kappa shape index (κ1) is 13.4. The molecule has 0 bridgehead atoms. The zero-order chi connectivity index (χ0) is 12.5. The van der Waals surface area contributed by atoms with Crippen LogP contribution in [0.15, 0.2) is 30.3 Å². The quantitative estimate of drug-likeness (QED) is 0.533. The van der Waals surface area contributed by atoms with E-state index in [1.165, 1.54) is 0 Å². The minimum absolute atomic E-state index is 0.0785. The average Bonchev–Trinajstić information content (AvgIpc) is 2.37. The minimum Gasteiger partial charge on any atom is -0.356 e. The fourth-order valence-electron chi connectivity index (χ4n) is 1.35. The fraction of sp³-hybridized carbons (Fsp3) is 0.385. The largest absolute Gasteiger partial charge is 0.356 e. The highest BCUT2D eigenvalue weighted by Gasteiger charge is 2.19. The van der Waals surface area contributed by atoms with Crippen LogP contribution < -0.4 is 0 Å². The number of hydrogen-bond donors (Lipinski definition) is 0. The lowest BCUT2D eigenvalue weighted by atomic mass is 9.97. The van der Waals surface area contributed by atoms with Gasteiger partial charge in [0.15, 0.2) is 5.78 Å². The van der Waals surface area contributed by atoms with Crippen LogP contribution in [0.25, 0.3) is 0 Å². The molecule has 0 fully saturated rings. The molecule has 1 aromatic carbocycles. The van der Waals surface area contributed by atoms with Crippen LogP contribution >= 0.6 is 0 Å². The Balaban J connectivity index is 2.52. The molecule has 0 aliphatic heterocycles. The molecule has 0 saturated carbocycles. The van der Waals surface area contributed by atoms with Crippen molar-refractivity contribution in [1.29, 1.82) is 5.26 Å². The van der Waals surface area contributed by atoms with Crippen LogP contribution in [0, 0.1) is 11.3 Å². The van der Waals surface area contributed by atoms with E-state index >= 15 is 0 Å². The molecule has 0 aliphatic rings. The van der Waals surface area contributed by atoms with Crippen LogP contribution in [-0.2, 0) is 14.3 Å². The third-order valence-electron chi connectivity index (χ3n) is 2.20. The van der Waals surface area contributed by atoms with Crippen LogP contribution in [0.2, 0.25) is 0 Å². The Bertz CT molecular complexity index is 383. The standard InChI is InChI=1S/C13H15NO3/c1-2-16-10-17-9-13(15)12(8-14)11-6-4-3-5-7-11/h3-7,12H,2,9-10H2,1H3. The smallest absolute Gasteiger partial charge is 0.180 e. The van der Waals surface area contributed by atoms with Gasteiger partial charge in [0.2, 0.25) is 0 Å². The maximum absolute atomic E-state index is 11.7. The summed E-state index contributed by atoms with van der Waals surface area (Å²) in [4.78, 5) is 11.7. The van der Waals surface area contributed by atoms with Crippen molar-refractivity contribution in [3.63, 3.8) is 0 Å². The molecule has 17 heavy (non-hydrogen) atoms. The maximum atomic E-state index is 11.7. The molecule has 0 amide bonds. The van der Waals surface area contributed by atoms with Crippen LogP contribution in [0.1, 0.15) is 18.4 Å². The summed E-state index contributed by atoms with van der Waals surface area (Å²) < 4.78 is 9.96. The van der Waals surface area contributed by atoms with Gasteiger partial charge in [-0.25, -0.2) is 0 Å². The molecule has 1 rings (SSSR count). The van der Waals surface area contributed by atoms with Crippen molar-refractivity contribution in [2.45, 2.75) is 12.8 Å². The molecular formula is C13H15NO3. The monoisotopic (exact) mass is 233 g/mol. The highest BCUT2D eigenvalue weighted by molar-refractivity contribution is 5.89. The van der Waals surface area contributed by atoms with Gasteiger partial charge >= 0.3 is 0 Å². The number of ketones is 1. The number of benzene rings is 1. The molecule has 1 atom stereocenters. The molecule has 0 aromatic heterocycles. The van der Waals surface area contributed by atoms with Gasteiger partial charge in [-0.1, -0.05) is 30.3 Å². The van der Waals surface area contributed by atoms with E-state index in [-0.39, 0.29) is 19.2 Å². The second-order valence-electron chi connectivity index (χ2n) is 3.40. The first-order chi connectivity index (χ1) is 8.29. The molecule has 0 aliphatic carbocycles. The van der Waals surface area contributed by atoms with Crippen molar-refractivity contribution in [1.82, 2.24) is 0 Å². The Labute approximate surface area is 101 Å². The lowest BCUT2D eigenvalue weighted by Gasteiger charge is -2.08. The number of hydrogen-bond acceptors (Lipinski definition) is 4. The van der Waals surface area contributed by atoms with Gasteiger partial charge in [0, 0.05) is 6.61 Å². The van der Waals surface area contributed by atoms with Gasteiger partial charge in [-0.15, -0.1) is 0 Å². The van der Waals surface area contributed by atoms with Crippen molar-refractivity contribution in [2.75, 3.05) is 20.0 Å². The molecule has 0 radical (unpaired) electrons. The van der Waals surface area contributed by atoms with Crippen molar-refractivity contribution in [3.8, 4) is 6.07 Å². The first-order valence-corrected chi connectivity index (χ1v) is 5.42. The lowest BCUT2D eigenvalue weighted by molar-refractivity contribution is -0.129. The number of Topliss-reactive ketones (excluding diaryl/α,β-unsaturated/α-hetero) is 1. The van der Waals surface area contributed by atoms with E-state index in [9.17, 15) is 4.79 Å². The number of ether oxygens (including phenoxy) is 2. The molecule has 1 unspecified atom stereocenters. The van der Waals surface area contributed by atoms with Crippen molar-refractivity contribution in [3.05, 3.63) is 35.9 Å². The Hall–Kier alpha value is -1.70. The Morgan fingerprint density at radius 3 is 2.65 bits per heavy atom. The van der Waals surface area contributed by atoms with Gasteiger partial charge in [-0.2, -0.15) is 5.26 Å². The highest BCUT2D eigenvalue weighted by Crippen LogP contribution is 2.15. The molecule has 0 heterocycles. The van der Waals surface area contributed by atoms with Gasteiger partial charge in [0.05, 0.1) is 6.07 Å². The number of carbonyl (C=O) groups is 1. The summed E-state index contributed by atoms with van der Waals surface area (Å²) in [6.45, 7) is 2.35. The molecular weight excluding hydrogens is 218 g/mol. The summed E-state index contributed by atoms with van der Waals surface area (Å²) in [5.74, 6) is -1.02. The van der Waals surface area contributed by atoms with E-state index in [2.05, 4.69) is 0 Å². The second-order valence-corrected chi connectivity index (χ2v) is 3.40. The number of carbonyl (C=O) groups excluding carboxylic acids is 1. The fourth-order valence-corrected chi connectivity index (χ4v) is 1.35. The van der Waals surface area contributed by atoms with Crippen molar-refractivity contribution in [2.24, 2.45) is 0 Å². The van der Waals surface area contributed by atoms with E-state index in [0.717, 1.165) is 0 Å². The molecule has 0 spiro atoms. The Morgan fingerprint density at radius 2 is 2.06 bits per heavy atom. The van der Waals surface area contributed by atoms with Crippen molar-refractivity contribution >= 4 is 5.78 Å². The summed E-state index contributed by atoms with van der Waals surface area (Å²) in [5, 5.41) is 8.99. The third kappa shape index (κ3) is 4.35. The lowest BCUT2D eigenvalue weighted by Crippen LogP contribution is -2.18. The van der Waals surface area contributed by atoms with E-state index in [1.54, 1.807) is 24.3 Å². The minimum atomic E-state index is -0.766. The van der Waals surface area contributed by atoms with E-state index in [1.807, 2.05) is 19.1 Å². The van der Waals surface area contributed by atoms with Gasteiger partial charge in [-0.3, -0.25) is 4.79 Å². The zero-order valence-electron chi connectivity index (χ0n) is 9.76. The topological polar surface area (TPSA) is 59.3 Å². The molecule has 4 heteroatoms. The summed E-state index contributed by atoms with van der Waals surface area (Å²) in [6.07, 6.45) is 0. The number of rotatable bonds is 7. The summed E-state index contributed by atoms with van der Waals surface area (Å²) in [5.41, 5.74) is 0.694. The highest BCUT2D eigenvalue weighted by atomic mass is 16.7. The summed E-state index contributed by atoms with van der Waals surface area (Å²) in [6, 6.07) is 10.9. The van der Waals surface area contributed by atoms with Crippen LogP contribution in [0.4, 0.5) is 0 Å². The molecule has 0 saturated heterocycles. The molecule has 1 aromatic rings. The van der Waals surface area contributed by atoms with Crippen LogP contribution in [0.3, 0.4) is 0 Å². The van der Waals surface area contributed by atoms with Crippen molar-refractivity contribution < 1.29 is 14.3 Å². The SMILES string of the molecule is CCOCOCC(=O)C(C#N)c1ccccc1. The predicted octanol–water partition coefficient (Wildman–Crippen LogP) is 1.87. The maximum Gasteiger partial charge on any atom is 0.180 e. The Kier molecular flexibility index (Phi) is 5.94. The normalized spacial score (nSPS) is 11.8. The first-order valence-electron chi connectivity index (χ1n) is 5.42. The van der Waals surface area contributed by atoms with Gasteiger partial charge in [0.1, 0.15) is 19.3 Å². The van der Waals surface area contributed by atoms with Gasteiger partial charge < -0.3 is 9.47 Å². The molecule has 90 valence electrons. The predicted molar refractivity (Wildman–Crippen MR) is 62.2 cm³/mol. The molecule has 4 nitrogen and oxygen atoms in total. The summed E-state index contributed by atoms with van der Waals surface area (Å²) in [7, 11) is 0. The van der Waals surface area contributed by atoms with Crippen LogP contribution in [-0.4, -0.2) is 25.8 Å². The van der Waals surface area contributed by atoms with E-state index in [4.69, 9.17) is 14.7 Å². The molecule has 0 N–H and O–H groups in total. The van der Waals surface area contributed by atoms with E-state index in [0.29, 0.717) is 12.2 Å². The number of nitriles is 1. The average molecular weight is 233 g/mol. The second kappa shape index (κ2) is 7.55. The van der Waals surface area contributed by atoms with Crippen LogP contribution in [0.5, 0.6) is 0 Å². The van der Waals surface area contributed by atoms with Gasteiger partial charge in [0.25, 0.3) is 0 Å². The van der Waals surface area contributed by atoms with E-state index < -0.39 is 5.92 Å². The number of nitrogens with zero attached hydrogens (tertiary/aromatic N) is 1. The third-order valence-corrected chi connectivity index (χ3v) is 2.20. The van der Waals surface area contributed by atoms with Gasteiger partial charge in [-0.05, 0) is 12.5 Å².